The Balaban J connectivity index is 1.33. The molecule has 2 atom stereocenters. The van der Waals surface area contributed by atoms with E-state index in [1.807, 2.05) is 44.2 Å². The van der Waals surface area contributed by atoms with Crippen molar-refractivity contribution in [2.24, 2.45) is 0 Å². The molecule has 2 fully saturated rings. The molecule has 0 radical (unpaired) electrons. The van der Waals surface area contributed by atoms with Gasteiger partial charge in [-0.2, -0.15) is 0 Å². The van der Waals surface area contributed by atoms with Crippen LogP contribution in [0.5, 0.6) is 0 Å². The largest absolute Gasteiger partial charge is 0.313 e. The summed E-state index contributed by atoms with van der Waals surface area (Å²) in [7, 11) is -3.51. The molecule has 0 aromatic heterocycles. The van der Waals surface area contributed by atoms with Crippen molar-refractivity contribution in [1.82, 2.24) is 9.62 Å². The number of piperidine rings is 1. The number of anilines is 1. The van der Waals surface area contributed by atoms with Gasteiger partial charge in [0.2, 0.25) is 15.9 Å². The molecular formula is C26H34ClN3O3S. The maximum Gasteiger partial charge on any atom is 0.240 e. The molecule has 1 amide bonds. The first-order chi connectivity index (χ1) is 16.1. The highest BCUT2D eigenvalue weighted by Crippen LogP contribution is 2.36. The van der Waals surface area contributed by atoms with Crippen molar-refractivity contribution in [2.45, 2.75) is 75.9 Å². The zero-order chi connectivity index (χ0) is 24.5. The van der Waals surface area contributed by atoms with E-state index in [9.17, 15) is 13.2 Å². The average molecular weight is 504 g/mol. The molecule has 2 saturated heterocycles. The number of halogens is 1. The molecular weight excluding hydrogens is 470 g/mol. The fraction of sp³-hybridized carbons (Fsp3) is 0.500. The number of hydrogen-bond donors (Lipinski definition) is 1. The van der Waals surface area contributed by atoms with Gasteiger partial charge in [0, 0.05) is 48.8 Å². The van der Waals surface area contributed by atoms with Crippen LogP contribution >= 0.6 is 11.6 Å². The molecule has 0 aliphatic carbocycles. The number of nitrogens with one attached hydrogen (secondary N) is 1. The first-order valence-corrected chi connectivity index (χ1v) is 13.9. The molecule has 6 nitrogen and oxygen atoms in total. The molecule has 2 bridgehead atoms. The number of aryl methyl sites for hydroxylation is 2. The third kappa shape index (κ3) is 5.65. The minimum absolute atomic E-state index is 0.00659. The summed E-state index contributed by atoms with van der Waals surface area (Å²) in [5, 5.41) is 0.664. The van der Waals surface area contributed by atoms with E-state index in [0.29, 0.717) is 28.5 Å². The minimum atomic E-state index is -3.51. The fourth-order valence-electron chi connectivity index (χ4n) is 5.37. The maximum absolute atomic E-state index is 12.8. The van der Waals surface area contributed by atoms with Crippen LogP contribution in [0.4, 0.5) is 5.69 Å². The van der Waals surface area contributed by atoms with Crippen LogP contribution in [-0.2, 0) is 14.8 Å². The predicted octanol–water partition coefficient (Wildman–Crippen LogP) is 4.67. The van der Waals surface area contributed by atoms with Crippen molar-refractivity contribution < 1.29 is 13.2 Å². The summed E-state index contributed by atoms with van der Waals surface area (Å²) in [6.45, 7) is 7.01. The van der Waals surface area contributed by atoms with Crippen LogP contribution in [-0.4, -0.2) is 50.4 Å². The molecule has 4 rings (SSSR count). The number of amides is 1. The van der Waals surface area contributed by atoms with E-state index >= 15 is 0 Å². The molecule has 2 heterocycles. The summed E-state index contributed by atoms with van der Waals surface area (Å²) in [6, 6.07) is 13.5. The maximum atomic E-state index is 12.8. The van der Waals surface area contributed by atoms with E-state index in [2.05, 4.69) is 9.62 Å². The lowest BCUT2D eigenvalue weighted by Crippen LogP contribution is -2.50. The number of hydrogen-bond acceptors (Lipinski definition) is 4. The summed E-state index contributed by atoms with van der Waals surface area (Å²) in [4.78, 5) is 16.9. The van der Waals surface area contributed by atoms with Gasteiger partial charge in [0.05, 0.1) is 4.90 Å². The van der Waals surface area contributed by atoms with Crippen molar-refractivity contribution in [3.8, 4) is 0 Å². The van der Waals surface area contributed by atoms with E-state index < -0.39 is 10.0 Å². The van der Waals surface area contributed by atoms with E-state index in [1.54, 1.807) is 24.0 Å². The molecule has 0 saturated carbocycles. The first kappa shape index (κ1) is 25.2. The van der Waals surface area contributed by atoms with Gasteiger partial charge >= 0.3 is 0 Å². The van der Waals surface area contributed by atoms with Gasteiger partial charge in [-0.3, -0.25) is 9.69 Å². The number of nitrogens with zero attached hydrogens (tertiary/aromatic N) is 2. The predicted molar refractivity (Wildman–Crippen MR) is 137 cm³/mol. The first-order valence-electron chi connectivity index (χ1n) is 12.0. The zero-order valence-electron chi connectivity index (χ0n) is 20.1. The highest BCUT2D eigenvalue weighted by atomic mass is 35.5. The molecule has 2 unspecified atom stereocenters. The topological polar surface area (TPSA) is 69.7 Å². The Labute approximate surface area is 208 Å². The summed E-state index contributed by atoms with van der Waals surface area (Å²) < 4.78 is 28.6. The number of rotatable bonds is 8. The quantitative estimate of drug-likeness (QED) is 0.568. The SMILES string of the molecule is CC(=O)N(CCCN1C2CCC1CC(NS(=O)(=O)c1ccc(C)cc1)C2)c1ccc(C)c(Cl)c1. The van der Waals surface area contributed by atoms with Crippen LogP contribution in [0.2, 0.25) is 5.02 Å². The molecule has 184 valence electrons. The van der Waals surface area contributed by atoms with Gasteiger partial charge in [-0.15, -0.1) is 0 Å². The number of carbonyl (C=O) groups excluding carboxylic acids is 1. The van der Waals surface area contributed by atoms with Gasteiger partial charge in [-0.1, -0.05) is 35.4 Å². The summed E-state index contributed by atoms with van der Waals surface area (Å²) in [5.41, 5.74) is 2.86. The average Bonchev–Trinajstić information content (AvgIpc) is 3.01. The van der Waals surface area contributed by atoms with Gasteiger partial charge < -0.3 is 4.90 Å². The number of fused-ring (bicyclic) bond motifs is 2. The van der Waals surface area contributed by atoms with E-state index in [1.165, 1.54) is 0 Å². The number of sulfonamides is 1. The number of carbonyl (C=O) groups is 1. The highest BCUT2D eigenvalue weighted by Gasteiger charge is 2.41. The Morgan fingerprint density at radius 2 is 1.74 bits per heavy atom. The van der Waals surface area contributed by atoms with Crippen molar-refractivity contribution in [3.05, 3.63) is 58.6 Å². The van der Waals surface area contributed by atoms with Gasteiger partial charge in [0.25, 0.3) is 0 Å². The second-order valence-electron chi connectivity index (χ2n) is 9.68. The van der Waals surface area contributed by atoms with Gasteiger partial charge in [-0.25, -0.2) is 13.1 Å². The normalized spacial score (nSPS) is 22.6. The standard InChI is InChI=1S/C26H34ClN3O3S/c1-18-5-11-25(12-6-18)34(32,33)28-21-15-22-9-10-23(16-21)30(22)14-4-13-29(20(3)31)24-8-7-19(2)26(27)17-24/h5-8,11-12,17,21-23,28H,4,9-10,13-16H2,1-3H3. The van der Waals surface area contributed by atoms with E-state index in [-0.39, 0.29) is 11.9 Å². The van der Waals surface area contributed by atoms with E-state index in [0.717, 1.165) is 55.5 Å². The summed E-state index contributed by atoms with van der Waals surface area (Å²) >= 11 is 6.28. The molecule has 8 heteroatoms. The lowest BCUT2D eigenvalue weighted by molar-refractivity contribution is -0.116. The summed E-state index contributed by atoms with van der Waals surface area (Å²) in [6.07, 6.45) is 4.70. The molecule has 2 aromatic carbocycles. The Bertz CT molecular complexity index is 1120. The molecule has 1 N–H and O–H groups in total. The van der Waals surface area contributed by atoms with Crippen molar-refractivity contribution in [3.63, 3.8) is 0 Å². The molecule has 0 spiro atoms. The minimum Gasteiger partial charge on any atom is -0.313 e. The number of benzene rings is 2. The lowest BCUT2D eigenvalue weighted by atomic mass is 9.98. The van der Waals surface area contributed by atoms with Crippen molar-refractivity contribution in [1.29, 1.82) is 0 Å². The second-order valence-corrected chi connectivity index (χ2v) is 11.8. The Hall–Kier alpha value is -1.93. The highest BCUT2D eigenvalue weighted by molar-refractivity contribution is 7.89. The van der Waals surface area contributed by atoms with Crippen LogP contribution in [0.1, 0.15) is 50.2 Å². The van der Waals surface area contributed by atoms with Gasteiger partial charge in [0.15, 0.2) is 0 Å². The summed E-state index contributed by atoms with van der Waals surface area (Å²) in [5.74, 6) is 0.00659. The Kier molecular flexibility index (Phi) is 7.67. The lowest BCUT2D eigenvalue weighted by Gasteiger charge is -2.39. The van der Waals surface area contributed by atoms with Crippen LogP contribution in [0.15, 0.2) is 47.4 Å². The molecule has 34 heavy (non-hydrogen) atoms. The Morgan fingerprint density at radius 1 is 1.09 bits per heavy atom. The monoisotopic (exact) mass is 503 g/mol. The van der Waals surface area contributed by atoms with Gasteiger partial charge in [0.1, 0.15) is 0 Å². The van der Waals surface area contributed by atoms with Crippen LogP contribution < -0.4 is 9.62 Å². The van der Waals surface area contributed by atoms with Gasteiger partial charge in [-0.05, 0) is 75.8 Å². The van der Waals surface area contributed by atoms with Crippen molar-refractivity contribution >= 4 is 33.2 Å². The zero-order valence-corrected chi connectivity index (χ0v) is 21.7. The fourth-order valence-corrected chi connectivity index (χ4v) is 6.81. The second kappa shape index (κ2) is 10.4. The third-order valence-electron chi connectivity index (χ3n) is 7.18. The third-order valence-corrected chi connectivity index (χ3v) is 9.13. The molecule has 2 aliphatic rings. The van der Waals surface area contributed by atoms with Crippen LogP contribution in [0.25, 0.3) is 0 Å². The van der Waals surface area contributed by atoms with E-state index in [4.69, 9.17) is 11.6 Å². The van der Waals surface area contributed by atoms with Crippen LogP contribution in [0.3, 0.4) is 0 Å². The molecule has 2 aromatic rings. The smallest absolute Gasteiger partial charge is 0.240 e. The van der Waals surface area contributed by atoms with Crippen molar-refractivity contribution in [2.75, 3.05) is 18.0 Å². The molecule has 2 aliphatic heterocycles. The van der Waals surface area contributed by atoms with Crippen LogP contribution in [0, 0.1) is 13.8 Å². The Morgan fingerprint density at radius 3 is 2.32 bits per heavy atom.